The number of pyridine rings is 1. The Morgan fingerprint density at radius 1 is 1.25 bits per heavy atom. The minimum atomic E-state index is 0. The molecule has 3 nitrogen and oxygen atoms in total. The summed E-state index contributed by atoms with van der Waals surface area (Å²) in [6, 6.07) is 12.1. The number of halogens is 3. The monoisotopic (exact) mass is 489 g/mol. The van der Waals surface area contributed by atoms with Gasteiger partial charge in [-0.15, -0.1) is 0 Å². The van der Waals surface area contributed by atoms with E-state index in [1.165, 1.54) is 10.7 Å². The smallest absolute Gasteiger partial charge is 0.307 e. The van der Waals surface area contributed by atoms with E-state index in [0.29, 0.717) is 5.25 Å². The lowest BCUT2D eigenvalue weighted by Crippen LogP contribution is -3.00. The van der Waals surface area contributed by atoms with Crippen LogP contribution in [0.5, 0.6) is 0 Å². The molecule has 3 rings (SSSR count). The summed E-state index contributed by atoms with van der Waals surface area (Å²) in [6.07, 6.45) is 3.72. The predicted molar refractivity (Wildman–Crippen MR) is 102 cm³/mol. The van der Waals surface area contributed by atoms with Gasteiger partial charge >= 0.3 is 5.17 Å². The highest BCUT2D eigenvalue weighted by molar-refractivity contribution is 9.09. The Bertz CT molecular complexity index is 697. The van der Waals surface area contributed by atoms with Crippen LogP contribution in [0.15, 0.2) is 48.8 Å². The zero-order valence-electron chi connectivity index (χ0n) is 13.0. The summed E-state index contributed by atoms with van der Waals surface area (Å²) in [7, 11) is 0. The van der Waals surface area contributed by atoms with Crippen LogP contribution in [0.3, 0.4) is 0 Å². The van der Waals surface area contributed by atoms with Gasteiger partial charge in [0.25, 0.3) is 0 Å². The van der Waals surface area contributed by atoms with E-state index in [1.807, 2.05) is 42.2 Å². The minimum Gasteiger partial charge on any atom is -1.00 e. The van der Waals surface area contributed by atoms with E-state index < -0.39 is 0 Å². The molecule has 0 bridgehead atoms. The molecule has 1 aliphatic rings. The normalized spacial score (nSPS) is 18.7. The van der Waals surface area contributed by atoms with Crippen LogP contribution in [-0.4, -0.2) is 31.9 Å². The highest BCUT2D eigenvalue weighted by Gasteiger charge is 2.28. The molecule has 128 valence electrons. The maximum Gasteiger partial charge on any atom is 0.307 e. The van der Waals surface area contributed by atoms with Crippen molar-refractivity contribution in [2.45, 2.75) is 18.3 Å². The molecule has 0 amide bonds. The van der Waals surface area contributed by atoms with Gasteiger partial charge in [0, 0.05) is 33.9 Å². The van der Waals surface area contributed by atoms with Gasteiger partial charge in [-0.3, -0.25) is 10.3 Å². The van der Waals surface area contributed by atoms with Gasteiger partial charge < -0.3 is 17.0 Å². The summed E-state index contributed by atoms with van der Waals surface area (Å²) in [5, 5.41) is 7.10. The Kier molecular flexibility index (Phi) is 8.07. The predicted octanol–water partition coefficient (Wildman–Crippen LogP) is 0.908. The van der Waals surface area contributed by atoms with Crippen molar-refractivity contribution in [3.8, 4) is 0 Å². The number of nitrogens with one attached hydrogen (secondary N) is 1. The van der Waals surface area contributed by atoms with Gasteiger partial charge in [0.15, 0.2) is 0 Å². The highest BCUT2D eigenvalue weighted by atomic mass is 79.9. The fourth-order valence-electron chi connectivity index (χ4n) is 2.46. The molecule has 0 radical (unpaired) electrons. The van der Waals surface area contributed by atoms with Gasteiger partial charge in [0.1, 0.15) is 13.1 Å². The molecule has 1 N–H and O–H groups in total. The summed E-state index contributed by atoms with van der Waals surface area (Å²) in [5.41, 5.74) is 2.33. The Balaban J connectivity index is 0.00000208. The maximum atomic E-state index is 6.35. The first-order valence-electron chi connectivity index (χ1n) is 7.47. The average molecular weight is 492 g/mol. The van der Waals surface area contributed by atoms with E-state index in [2.05, 4.69) is 42.9 Å². The molecule has 0 aliphatic carbocycles. The SMILES string of the molecule is Clc1ccccc1C[N+](Cc1cccnc1)=C1NCC(CBr)S1.[Br-]. The van der Waals surface area contributed by atoms with Gasteiger partial charge in [-0.05, 0) is 23.9 Å². The van der Waals surface area contributed by atoms with Crippen LogP contribution in [0.2, 0.25) is 5.02 Å². The molecule has 1 aliphatic heterocycles. The maximum absolute atomic E-state index is 6.35. The van der Waals surface area contributed by atoms with Crippen molar-refractivity contribution in [2.75, 3.05) is 11.9 Å². The molecule has 1 fully saturated rings. The van der Waals surface area contributed by atoms with Gasteiger partial charge in [0.2, 0.25) is 0 Å². The van der Waals surface area contributed by atoms with Crippen LogP contribution in [0.1, 0.15) is 11.1 Å². The zero-order valence-corrected chi connectivity index (χ0v) is 17.7. The number of aromatic nitrogens is 1. The molecule has 24 heavy (non-hydrogen) atoms. The zero-order chi connectivity index (χ0) is 16.1. The van der Waals surface area contributed by atoms with Crippen molar-refractivity contribution in [1.82, 2.24) is 10.3 Å². The quantitative estimate of drug-likeness (QED) is 0.498. The highest BCUT2D eigenvalue weighted by Crippen LogP contribution is 2.22. The van der Waals surface area contributed by atoms with Crippen molar-refractivity contribution >= 4 is 44.5 Å². The lowest BCUT2D eigenvalue weighted by molar-refractivity contribution is -0.559. The van der Waals surface area contributed by atoms with Crippen LogP contribution in [0.4, 0.5) is 0 Å². The molecule has 0 spiro atoms. The number of rotatable bonds is 5. The topological polar surface area (TPSA) is 27.9 Å². The second-order valence-electron chi connectivity index (χ2n) is 5.39. The van der Waals surface area contributed by atoms with E-state index in [4.69, 9.17) is 11.6 Å². The van der Waals surface area contributed by atoms with Gasteiger partial charge in [-0.1, -0.05) is 51.8 Å². The molecule has 7 heteroatoms. The van der Waals surface area contributed by atoms with Crippen molar-refractivity contribution in [3.05, 3.63) is 64.9 Å². The first kappa shape index (κ1) is 19.8. The van der Waals surface area contributed by atoms with Crippen molar-refractivity contribution in [3.63, 3.8) is 0 Å². The molecular weight excluding hydrogens is 474 g/mol. The molecule has 1 aromatic carbocycles. The lowest BCUT2D eigenvalue weighted by Gasteiger charge is -2.11. The van der Waals surface area contributed by atoms with E-state index in [9.17, 15) is 0 Å². The number of thioether (sulfide) groups is 1. The molecule has 1 saturated heterocycles. The standard InChI is InChI=1S/C17H17BrClN3S.BrH/c18-8-15-10-21-17(23-15)22(11-13-4-3-7-20-9-13)12-14-5-1-2-6-16(14)19;/h1-7,9,15H,8,10-12H2;1H. The first-order chi connectivity index (χ1) is 11.3. The van der Waals surface area contributed by atoms with Crippen LogP contribution in [-0.2, 0) is 13.1 Å². The number of hydrogen-bond acceptors (Lipinski definition) is 2. The Morgan fingerprint density at radius 2 is 2.08 bits per heavy atom. The molecular formula is C17H18Br2ClN3S. The summed E-state index contributed by atoms with van der Waals surface area (Å²) < 4.78 is 2.34. The third kappa shape index (κ3) is 5.22. The summed E-state index contributed by atoms with van der Waals surface area (Å²) in [5.74, 6) is 0. The third-order valence-electron chi connectivity index (χ3n) is 3.63. The number of hydrogen-bond donors (Lipinski definition) is 1. The molecule has 2 heterocycles. The lowest BCUT2D eigenvalue weighted by atomic mass is 10.2. The molecule has 1 unspecified atom stereocenters. The second kappa shape index (κ2) is 9.80. The fraction of sp³-hybridized carbons (Fsp3) is 0.294. The van der Waals surface area contributed by atoms with E-state index >= 15 is 0 Å². The largest absolute Gasteiger partial charge is 1.00 e. The molecule has 2 aromatic rings. The van der Waals surface area contributed by atoms with Gasteiger partial charge in [-0.25, -0.2) is 4.58 Å². The van der Waals surface area contributed by atoms with Crippen LogP contribution >= 0.6 is 39.3 Å². The molecule has 1 atom stereocenters. The summed E-state index contributed by atoms with van der Waals surface area (Å²) in [4.78, 5) is 4.22. The number of amidine groups is 1. The van der Waals surface area contributed by atoms with Crippen LogP contribution in [0.25, 0.3) is 0 Å². The van der Waals surface area contributed by atoms with Gasteiger partial charge in [0.05, 0.1) is 11.8 Å². The fourth-order valence-corrected chi connectivity index (χ4v) is 4.27. The third-order valence-corrected chi connectivity index (χ3v) is 6.51. The average Bonchev–Trinajstić information content (AvgIpc) is 3.06. The van der Waals surface area contributed by atoms with Gasteiger partial charge in [-0.2, -0.15) is 0 Å². The van der Waals surface area contributed by atoms with E-state index in [-0.39, 0.29) is 17.0 Å². The van der Waals surface area contributed by atoms with Crippen molar-refractivity contribution in [2.24, 2.45) is 0 Å². The number of benzene rings is 1. The van der Waals surface area contributed by atoms with Crippen LogP contribution in [0, 0.1) is 0 Å². The van der Waals surface area contributed by atoms with Crippen LogP contribution < -0.4 is 22.3 Å². The number of alkyl halides is 1. The molecule has 0 saturated carbocycles. The van der Waals surface area contributed by atoms with E-state index in [1.54, 1.807) is 6.20 Å². The minimum absolute atomic E-state index is 0. The first-order valence-corrected chi connectivity index (χ1v) is 9.85. The Labute approximate surface area is 170 Å². The second-order valence-corrected chi connectivity index (χ2v) is 7.73. The van der Waals surface area contributed by atoms with Crippen molar-refractivity contribution in [1.29, 1.82) is 0 Å². The Hall–Kier alpha value is -0.560. The summed E-state index contributed by atoms with van der Waals surface area (Å²) in [6.45, 7) is 2.57. The van der Waals surface area contributed by atoms with E-state index in [0.717, 1.165) is 35.6 Å². The molecule has 1 aromatic heterocycles. The van der Waals surface area contributed by atoms with Crippen molar-refractivity contribution < 1.29 is 21.6 Å². The Morgan fingerprint density at radius 3 is 2.75 bits per heavy atom. The number of nitrogens with zero attached hydrogens (tertiary/aromatic N) is 2. The summed E-state index contributed by atoms with van der Waals surface area (Å²) >= 11 is 11.8.